The molecule has 0 unspecified atom stereocenters. The molecule has 2 aliphatic rings. The molecular formula is C14H28N2. The minimum atomic E-state index is 0.837. The molecule has 2 aliphatic carbocycles. The van der Waals surface area contributed by atoms with Crippen LogP contribution in [0.5, 0.6) is 0 Å². The average Bonchev–Trinajstić information content (AvgIpc) is 2.83. The van der Waals surface area contributed by atoms with Crippen LogP contribution in [0.2, 0.25) is 0 Å². The lowest BCUT2D eigenvalue weighted by Crippen LogP contribution is -2.42. The Balaban J connectivity index is 1.82. The molecule has 0 aromatic heterocycles. The molecule has 0 aromatic rings. The summed E-state index contributed by atoms with van der Waals surface area (Å²) in [5.74, 6) is 0.980. The van der Waals surface area contributed by atoms with E-state index in [0.29, 0.717) is 0 Å². The number of nitrogens with two attached hydrogens (primary N) is 1. The van der Waals surface area contributed by atoms with Gasteiger partial charge in [0.15, 0.2) is 0 Å². The second-order valence-corrected chi connectivity index (χ2v) is 5.73. The van der Waals surface area contributed by atoms with Gasteiger partial charge in [0.05, 0.1) is 0 Å². The highest BCUT2D eigenvalue weighted by Crippen LogP contribution is 2.28. The highest BCUT2D eigenvalue weighted by atomic mass is 15.2. The summed E-state index contributed by atoms with van der Waals surface area (Å²) in [7, 11) is 0. The Morgan fingerprint density at radius 1 is 0.875 bits per heavy atom. The lowest BCUT2D eigenvalue weighted by molar-refractivity contribution is 0.137. The van der Waals surface area contributed by atoms with Gasteiger partial charge in [0.25, 0.3) is 0 Å². The van der Waals surface area contributed by atoms with Gasteiger partial charge in [0.2, 0.25) is 0 Å². The van der Waals surface area contributed by atoms with Gasteiger partial charge in [-0.3, -0.25) is 4.90 Å². The fourth-order valence-corrected chi connectivity index (χ4v) is 3.56. The third kappa shape index (κ3) is 3.46. The molecule has 0 atom stereocenters. The van der Waals surface area contributed by atoms with E-state index in [2.05, 4.69) is 4.90 Å². The monoisotopic (exact) mass is 224 g/mol. The quantitative estimate of drug-likeness (QED) is 0.778. The number of hydrogen-bond acceptors (Lipinski definition) is 2. The smallest absolute Gasteiger partial charge is 0.0108 e. The van der Waals surface area contributed by atoms with Gasteiger partial charge in [-0.15, -0.1) is 0 Å². The fraction of sp³-hybridized carbons (Fsp3) is 1.00. The van der Waals surface area contributed by atoms with Gasteiger partial charge in [-0.1, -0.05) is 32.1 Å². The number of hydrogen-bond donors (Lipinski definition) is 1. The highest BCUT2D eigenvalue weighted by Gasteiger charge is 2.24. The molecule has 16 heavy (non-hydrogen) atoms. The molecule has 0 radical (unpaired) electrons. The van der Waals surface area contributed by atoms with Crippen molar-refractivity contribution in [2.24, 2.45) is 11.7 Å². The molecule has 2 rings (SSSR count). The average molecular weight is 224 g/mol. The molecule has 0 bridgehead atoms. The van der Waals surface area contributed by atoms with Crippen LogP contribution in [-0.4, -0.2) is 30.6 Å². The normalized spacial score (nSPS) is 24.4. The van der Waals surface area contributed by atoms with Crippen molar-refractivity contribution in [3.8, 4) is 0 Å². The van der Waals surface area contributed by atoms with E-state index in [9.17, 15) is 0 Å². The fourth-order valence-electron chi connectivity index (χ4n) is 3.56. The molecule has 2 nitrogen and oxygen atoms in total. The van der Waals surface area contributed by atoms with Gasteiger partial charge >= 0.3 is 0 Å². The SMILES string of the molecule is NCCN(CC1CCCC1)C1CCCCC1. The van der Waals surface area contributed by atoms with Crippen LogP contribution in [0, 0.1) is 5.92 Å². The first-order valence-corrected chi connectivity index (χ1v) is 7.34. The summed E-state index contributed by atoms with van der Waals surface area (Å²) in [4.78, 5) is 2.72. The lowest BCUT2D eigenvalue weighted by Gasteiger charge is -2.35. The third-order valence-corrected chi connectivity index (χ3v) is 4.47. The van der Waals surface area contributed by atoms with Crippen LogP contribution in [0.25, 0.3) is 0 Å². The standard InChI is InChI=1S/C14H28N2/c15-10-11-16(12-13-6-4-5-7-13)14-8-2-1-3-9-14/h13-14H,1-12,15H2. The van der Waals surface area contributed by atoms with Gasteiger partial charge < -0.3 is 5.73 Å². The van der Waals surface area contributed by atoms with E-state index >= 15 is 0 Å². The number of nitrogens with zero attached hydrogens (tertiary/aromatic N) is 1. The summed E-state index contributed by atoms with van der Waals surface area (Å²) in [5.41, 5.74) is 5.77. The first-order valence-electron chi connectivity index (χ1n) is 7.34. The van der Waals surface area contributed by atoms with Gasteiger partial charge in [-0.2, -0.15) is 0 Å². The van der Waals surface area contributed by atoms with Crippen molar-refractivity contribution in [2.45, 2.75) is 63.8 Å². The van der Waals surface area contributed by atoms with Crippen molar-refractivity contribution in [1.82, 2.24) is 4.90 Å². The van der Waals surface area contributed by atoms with Gasteiger partial charge in [0, 0.05) is 25.7 Å². The molecule has 2 fully saturated rings. The molecule has 0 spiro atoms. The zero-order valence-corrected chi connectivity index (χ0v) is 10.7. The maximum Gasteiger partial charge on any atom is 0.0108 e. The van der Waals surface area contributed by atoms with Crippen LogP contribution >= 0.6 is 0 Å². The molecule has 2 N–H and O–H groups in total. The first-order chi connectivity index (χ1) is 7.90. The third-order valence-electron chi connectivity index (χ3n) is 4.47. The molecule has 0 aliphatic heterocycles. The van der Waals surface area contributed by atoms with Crippen LogP contribution in [0.1, 0.15) is 57.8 Å². The Bertz CT molecular complexity index is 181. The summed E-state index contributed by atoms with van der Waals surface area (Å²) in [6, 6.07) is 0.859. The highest BCUT2D eigenvalue weighted by molar-refractivity contribution is 4.79. The van der Waals surface area contributed by atoms with Crippen molar-refractivity contribution >= 4 is 0 Å². The Hall–Kier alpha value is -0.0800. The summed E-state index contributed by atoms with van der Waals surface area (Å²) in [6.45, 7) is 3.30. The molecular weight excluding hydrogens is 196 g/mol. The van der Waals surface area contributed by atoms with E-state index in [0.717, 1.165) is 25.0 Å². The summed E-state index contributed by atoms with van der Waals surface area (Å²) in [6.07, 6.45) is 13.0. The van der Waals surface area contributed by atoms with Crippen LogP contribution in [0.3, 0.4) is 0 Å². The number of rotatable bonds is 5. The molecule has 2 saturated carbocycles. The Morgan fingerprint density at radius 2 is 1.50 bits per heavy atom. The Morgan fingerprint density at radius 3 is 2.12 bits per heavy atom. The van der Waals surface area contributed by atoms with E-state index in [4.69, 9.17) is 5.73 Å². The first kappa shape index (κ1) is 12.4. The predicted octanol–water partition coefficient (Wildman–Crippen LogP) is 2.77. The molecule has 0 saturated heterocycles. The maximum atomic E-state index is 5.77. The summed E-state index contributed by atoms with van der Waals surface area (Å²) < 4.78 is 0. The maximum absolute atomic E-state index is 5.77. The summed E-state index contributed by atoms with van der Waals surface area (Å²) >= 11 is 0. The molecule has 0 heterocycles. The lowest BCUT2D eigenvalue weighted by atomic mass is 9.93. The van der Waals surface area contributed by atoms with E-state index in [-0.39, 0.29) is 0 Å². The Labute approximate surface area is 101 Å². The van der Waals surface area contributed by atoms with Crippen molar-refractivity contribution in [1.29, 1.82) is 0 Å². The van der Waals surface area contributed by atoms with Crippen LogP contribution < -0.4 is 5.73 Å². The van der Waals surface area contributed by atoms with E-state index in [1.54, 1.807) is 0 Å². The van der Waals surface area contributed by atoms with E-state index in [1.165, 1.54) is 64.3 Å². The molecule has 94 valence electrons. The Kier molecular flexibility index (Phi) is 5.11. The molecule has 0 amide bonds. The minimum absolute atomic E-state index is 0.837. The van der Waals surface area contributed by atoms with Crippen molar-refractivity contribution < 1.29 is 0 Å². The van der Waals surface area contributed by atoms with E-state index < -0.39 is 0 Å². The predicted molar refractivity (Wildman–Crippen MR) is 69.5 cm³/mol. The minimum Gasteiger partial charge on any atom is -0.329 e. The van der Waals surface area contributed by atoms with Crippen molar-refractivity contribution in [3.63, 3.8) is 0 Å². The largest absolute Gasteiger partial charge is 0.329 e. The second kappa shape index (κ2) is 6.61. The summed E-state index contributed by atoms with van der Waals surface area (Å²) in [5, 5.41) is 0. The van der Waals surface area contributed by atoms with Gasteiger partial charge in [0.1, 0.15) is 0 Å². The van der Waals surface area contributed by atoms with Crippen molar-refractivity contribution in [2.75, 3.05) is 19.6 Å². The van der Waals surface area contributed by atoms with Crippen LogP contribution in [-0.2, 0) is 0 Å². The second-order valence-electron chi connectivity index (χ2n) is 5.73. The van der Waals surface area contributed by atoms with Gasteiger partial charge in [-0.25, -0.2) is 0 Å². The zero-order valence-electron chi connectivity index (χ0n) is 10.7. The zero-order chi connectivity index (χ0) is 11.2. The van der Waals surface area contributed by atoms with Crippen LogP contribution in [0.15, 0.2) is 0 Å². The topological polar surface area (TPSA) is 29.3 Å². The van der Waals surface area contributed by atoms with Crippen molar-refractivity contribution in [3.05, 3.63) is 0 Å². The van der Waals surface area contributed by atoms with Gasteiger partial charge in [-0.05, 0) is 31.6 Å². The molecule has 2 heteroatoms. The molecule has 0 aromatic carbocycles. The van der Waals surface area contributed by atoms with Crippen LogP contribution in [0.4, 0.5) is 0 Å². The van der Waals surface area contributed by atoms with E-state index in [1.807, 2.05) is 0 Å².